The van der Waals surface area contributed by atoms with Gasteiger partial charge in [0.15, 0.2) is 0 Å². The highest BCUT2D eigenvalue weighted by Crippen LogP contribution is 2.23. The summed E-state index contributed by atoms with van der Waals surface area (Å²) in [6, 6.07) is 8.69. The van der Waals surface area contributed by atoms with E-state index in [0.717, 1.165) is 12.8 Å². The Labute approximate surface area is 114 Å². The molecular weight excluding hydrogens is 228 g/mol. The summed E-state index contributed by atoms with van der Waals surface area (Å²) in [4.78, 5) is 0. The van der Waals surface area contributed by atoms with Gasteiger partial charge in [0, 0.05) is 0 Å². The summed E-state index contributed by atoms with van der Waals surface area (Å²) in [6.45, 7) is 5.99. The third-order valence-electron chi connectivity index (χ3n) is 3.87. The Balaban J connectivity index is 2.65. The predicted molar refractivity (Wildman–Crippen MR) is 85.4 cm³/mol. The van der Waals surface area contributed by atoms with Crippen LogP contribution >= 0.6 is 0 Å². The van der Waals surface area contributed by atoms with E-state index in [9.17, 15) is 0 Å². The molecule has 0 radical (unpaired) electrons. The van der Waals surface area contributed by atoms with Crippen molar-refractivity contribution in [1.29, 1.82) is 0 Å². The quantitative estimate of drug-likeness (QED) is 0.721. The second-order valence-corrected chi connectivity index (χ2v) is 4.90. The highest BCUT2D eigenvalue weighted by Gasteiger charge is 2.11. The zero-order valence-electron chi connectivity index (χ0n) is 11.3. The normalized spacial score (nSPS) is 15.8. The van der Waals surface area contributed by atoms with Crippen LogP contribution < -0.4 is 10.4 Å². The van der Waals surface area contributed by atoms with Gasteiger partial charge < -0.3 is 0 Å². The maximum atomic E-state index is 3.87. The molecule has 0 aromatic heterocycles. The molecule has 0 fully saturated rings. The van der Waals surface area contributed by atoms with E-state index in [-0.39, 0.29) is 0 Å². The molecule has 0 saturated carbocycles. The second kappa shape index (κ2) is 4.89. The molecule has 0 heterocycles. The van der Waals surface area contributed by atoms with Gasteiger partial charge in [-0.15, -0.1) is 0 Å². The topological polar surface area (TPSA) is 0 Å². The van der Waals surface area contributed by atoms with Crippen molar-refractivity contribution < 1.29 is 0 Å². The lowest BCUT2D eigenvalue weighted by atomic mass is 9.88. The first-order valence-corrected chi connectivity index (χ1v) is 6.86. The average Bonchev–Trinajstić information content (AvgIpc) is 2.48. The van der Waals surface area contributed by atoms with E-state index >= 15 is 0 Å². The van der Waals surface area contributed by atoms with Crippen molar-refractivity contribution in [3.05, 3.63) is 64.6 Å². The van der Waals surface area contributed by atoms with Crippen LogP contribution in [0.15, 0.2) is 43.0 Å². The molecule has 0 bridgehead atoms. The smallest absolute Gasteiger partial charge is 0.0102 e. The minimum Gasteiger partial charge on any atom is -0.0990 e. The Hall–Kier alpha value is -2.08. The number of fused-ring (bicyclic) bond motifs is 3. The molecule has 0 unspecified atom stereocenters. The van der Waals surface area contributed by atoms with E-state index in [1.807, 2.05) is 6.08 Å². The van der Waals surface area contributed by atoms with Crippen LogP contribution in [0.5, 0.6) is 0 Å². The summed E-state index contributed by atoms with van der Waals surface area (Å²) in [5, 5.41) is 5.38. The van der Waals surface area contributed by atoms with Gasteiger partial charge in [0.05, 0.1) is 0 Å². The molecule has 94 valence electrons. The van der Waals surface area contributed by atoms with Gasteiger partial charge in [0.2, 0.25) is 0 Å². The molecule has 0 nitrogen and oxygen atoms in total. The van der Waals surface area contributed by atoms with Crippen molar-refractivity contribution in [2.45, 2.75) is 19.8 Å². The van der Waals surface area contributed by atoms with E-state index in [1.165, 1.54) is 32.3 Å². The summed E-state index contributed by atoms with van der Waals surface area (Å²) < 4.78 is 0. The van der Waals surface area contributed by atoms with Gasteiger partial charge >= 0.3 is 0 Å². The van der Waals surface area contributed by atoms with E-state index < -0.39 is 0 Å². The van der Waals surface area contributed by atoms with Gasteiger partial charge in [-0.05, 0) is 52.1 Å². The van der Waals surface area contributed by atoms with Gasteiger partial charge in [-0.25, -0.2) is 0 Å². The van der Waals surface area contributed by atoms with Gasteiger partial charge in [0.1, 0.15) is 0 Å². The molecule has 0 heteroatoms. The average molecular weight is 246 g/mol. The van der Waals surface area contributed by atoms with E-state index in [2.05, 4.69) is 62.1 Å². The van der Waals surface area contributed by atoms with E-state index in [4.69, 9.17) is 0 Å². The maximum absolute atomic E-state index is 3.87. The molecule has 0 aliphatic heterocycles. The Morgan fingerprint density at radius 1 is 1.11 bits per heavy atom. The molecule has 2 aromatic rings. The number of hydrogen-bond acceptors (Lipinski definition) is 0. The van der Waals surface area contributed by atoms with E-state index in [0.29, 0.717) is 0 Å². The molecule has 0 saturated heterocycles. The minimum atomic E-state index is 1.12. The van der Waals surface area contributed by atoms with Crippen molar-refractivity contribution in [1.82, 2.24) is 0 Å². The Morgan fingerprint density at radius 2 is 1.89 bits per heavy atom. The lowest BCUT2D eigenvalue weighted by molar-refractivity contribution is 0.977. The standard InChI is InChI=1S/C19H18/c1-3-9-15-14(4-2)16-10-5-6-12-18(16)19-13-8-7-11-17(15)19/h3-6,8-10,12-13H,1,7,11H2,2H3/b14-4+,15-9+. The van der Waals surface area contributed by atoms with Crippen molar-refractivity contribution in [2.75, 3.05) is 0 Å². The summed E-state index contributed by atoms with van der Waals surface area (Å²) in [6.07, 6.45) is 13.1. The van der Waals surface area contributed by atoms with Crippen LogP contribution in [0.2, 0.25) is 0 Å². The van der Waals surface area contributed by atoms with Crippen molar-refractivity contribution in [3.8, 4) is 0 Å². The molecule has 0 spiro atoms. The largest absolute Gasteiger partial charge is 0.0990 e. The molecule has 1 aliphatic rings. The molecule has 2 aromatic carbocycles. The third-order valence-corrected chi connectivity index (χ3v) is 3.87. The molecule has 0 atom stereocenters. The fourth-order valence-electron chi connectivity index (χ4n) is 3.08. The molecule has 0 amide bonds. The van der Waals surface area contributed by atoms with Crippen molar-refractivity contribution in [2.24, 2.45) is 0 Å². The van der Waals surface area contributed by atoms with Crippen LogP contribution in [0.25, 0.3) is 29.0 Å². The summed E-state index contributed by atoms with van der Waals surface area (Å²) >= 11 is 0. The number of hydrogen-bond donors (Lipinski definition) is 0. The second-order valence-electron chi connectivity index (χ2n) is 4.90. The minimum absolute atomic E-state index is 1.12. The van der Waals surface area contributed by atoms with E-state index in [1.54, 1.807) is 0 Å². The molecule has 3 rings (SSSR count). The van der Waals surface area contributed by atoms with Crippen LogP contribution in [0, 0.1) is 0 Å². The van der Waals surface area contributed by atoms with Crippen molar-refractivity contribution >= 4 is 29.0 Å². The zero-order valence-corrected chi connectivity index (χ0v) is 11.3. The number of allylic oxidation sites excluding steroid dienone is 2. The van der Waals surface area contributed by atoms with Gasteiger partial charge in [-0.3, -0.25) is 0 Å². The highest BCUT2D eigenvalue weighted by molar-refractivity contribution is 5.93. The summed E-state index contributed by atoms with van der Waals surface area (Å²) in [7, 11) is 0. The molecule has 1 aliphatic carbocycles. The third kappa shape index (κ3) is 1.84. The lowest BCUT2D eigenvalue weighted by Crippen LogP contribution is -2.31. The van der Waals surface area contributed by atoms with Gasteiger partial charge in [0.25, 0.3) is 0 Å². The first-order valence-electron chi connectivity index (χ1n) is 6.86. The molecule has 0 N–H and O–H groups in total. The van der Waals surface area contributed by atoms with Crippen molar-refractivity contribution in [3.63, 3.8) is 0 Å². The lowest BCUT2D eigenvalue weighted by Gasteiger charge is -2.15. The monoisotopic (exact) mass is 246 g/mol. The molecular formula is C19H18. The summed E-state index contributed by atoms with van der Waals surface area (Å²) in [5.74, 6) is 0. The Bertz CT molecular complexity index is 789. The van der Waals surface area contributed by atoms with Crippen LogP contribution in [-0.2, 0) is 6.42 Å². The van der Waals surface area contributed by atoms with Crippen LogP contribution in [-0.4, -0.2) is 0 Å². The summed E-state index contributed by atoms with van der Waals surface area (Å²) in [5.41, 5.74) is 2.86. The fraction of sp³-hybridized carbons (Fsp3) is 0.158. The first kappa shape index (κ1) is 12.0. The fourth-order valence-corrected chi connectivity index (χ4v) is 3.08. The number of benzene rings is 2. The van der Waals surface area contributed by atoms with Crippen LogP contribution in [0.1, 0.15) is 24.5 Å². The highest BCUT2D eigenvalue weighted by atomic mass is 14.1. The SMILES string of the molecule is C=C/C=c1/c2c(c3ccccc3/c1=C/C)C=CCC2. The Kier molecular flexibility index (Phi) is 3.08. The number of rotatable bonds is 1. The zero-order chi connectivity index (χ0) is 13.2. The van der Waals surface area contributed by atoms with Gasteiger partial charge in [-0.1, -0.05) is 61.2 Å². The first-order chi connectivity index (χ1) is 9.36. The van der Waals surface area contributed by atoms with Crippen LogP contribution in [0.4, 0.5) is 0 Å². The predicted octanol–water partition coefficient (Wildman–Crippen LogP) is 3.57. The Morgan fingerprint density at radius 3 is 2.63 bits per heavy atom. The van der Waals surface area contributed by atoms with Crippen LogP contribution in [0.3, 0.4) is 0 Å². The molecule has 19 heavy (non-hydrogen) atoms. The maximum Gasteiger partial charge on any atom is -0.0102 e. The van der Waals surface area contributed by atoms with Gasteiger partial charge in [-0.2, -0.15) is 0 Å².